The summed E-state index contributed by atoms with van der Waals surface area (Å²) in [6.07, 6.45) is 4.64. The Kier molecular flexibility index (Phi) is 10.6. The van der Waals surface area contributed by atoms with Crippen molar-refractivity contribution in [3.05, 3.63) is 47.7 Å². The number of aryl methyl sites for hydroxylation is 2. The first-order chi connectivity index (χ1) is 21.2. The first-order valence-electron chi connectivity index (χ1n) is 14.2. The molecule has 1 aliphatic heterocycles. The molecule has 45 heavy (non-hydrogen) atoms. The number of amides is 1. The molecule has 1 amide bonds. The second-order valence-electron chi connectivity index (χ2n) is 11.0. The Hall–Kier alpha value is -3.90. The topological polar surface area (TPSA) is 206 Å². The highest BCUT2D eigenvalue weighted by Crippen LogP contribution is 2.40. The summed E-state index contributed by atoms with van der Waals surface area (Å²) in [4.78, 5) is 35.8. The predicted molar refractivity (Wildman–Crippen MR) is 165 cm³/mol. The molecule has 3 heterocycles. The second kappa shape index (κ2) is 14.0. The van der Waals surface area contributed by atoms with Gasteiger partial charge in [0.15, 0.2) is 29.8 Å². The van der Waals surface area contributed by atoms with Crippen LogP contribution in [0, 0.1) is 5.92 Å². The van der Waals surface area contributed by atoms with Crippen LogP contribution < -0.4 is 20.9 Å². The molecule has 0 aliphatic carbocycles. The number of hydrogen-bond acceptors (Lipinski definition) is 12. The molecule has 2 aromatic heterocycles. The number of ketones is 1. The number of benzene rings is 1. The van der Waals surface area contributed by atoms with Crippen LogP contribution in [0.5, 0.6) is 5.75 Å². The zero-order valence-corrected chi connectivity index (χ0v) is 27.1. The lowest BCUT2D eigenvalue weighted by molar-refractivity contribution is -0.753. The molecular formula is C28H38N7O8S2+. The molecule has 0 saturated carbocycles. The van der Waals surface area contributed by atoms with Gasteiger partial charge in [0.05, 0.1) is 29.8 Å². The fraction of sp³-hybridized carbons (Fsp3) is 0.464. The van der Waals surface area contributed by atoms with Gasteiger partial charge in [-0.05, 0) is 50.9 Å². The minimum absolute atomic E-state index is 0.139. The number of anilines is 1. The molecule has 5 N–H and O–H groups in total. The number of hydroxylamine groups is 2. The lowest BCUT2D eigenvalue weighted by atomic mass is 9.74. The van der Waals surface area contributed by atoms with Crippen LogP contribution >= 0.6 is 11.3 Å². The van der Waals surface area contributed by atoms with Gasteiger partial charge in [-0.3, -0.25) is 14.1 Å². The zero-order chi connectivity index (χ0) is 32.9. The van der Waals surface area contributed by atoms with Gasteiger partial charge in [0, 0.05) is 11.8 Å². The Morgan fingerprint density at radius 2 is 1.98 bits per heavy atom. The van der Waals surface area contributed by atoms with Crippen LogP contribution in [0.25, 0.3) is 11.1 Å². The standard InChI is InChI=1S/C28H37N7O8S2/c1-5-20(16-41-21-9-7-18(8-10-21)19-14-33(4)34(15-19)12-6-11-29)42-32-25(23-17-44-27(30)31-23)24(36)13-22-26(37)35(28(22,2)3)43-45(38,39)40/h7-10,14-15,17,20,22H,5-6,11-13,16,29H2,1-4H3,(H2-,30,31,38,39,40)/p+1/b32-25-/t20-,22-/m1/s1. The summed E-state index contributed by atoms with van der Waals surface area (Å²) in [6.45, 7) is 6.48. The van der Waals surface area contributed by atoms with E-state index >= 15 is 0 Å². The second-order valence-corrected chi connectivity index (χ2v) is 12.9. The molecule has 1 fully saturated rings. The van der Waals surface area contributed by atoms with E-state index in [0.717, 1.165) is 35.4 Å². The Morgan fingerprint density at radius 1 is 1.27 bits per heavy atom. The van der Waals surface area contributed by atoms with Gasteiger partial charge in [0.2, 0.25) is 6.20 Å². The number of nitrogen functional groups attached to an aromatic ring is 1. The first kappa shape index (κ1) is 34.0. The summed E-state index contributed by atoms with van der Waals surface area (Å²) in [6, 6.07) is 7.66. The highest BCUT2D eigenvalue weighted by molar-refractivity contribution is 7.80. The summed E-state index contributed by atoms with van der Waals surface area (Å²) in [5, 5.41) is 6.38. The number of β-lactam (4-membered cyclic amide) rings is 1. The maximum Gasteiger partial charge on any atom is 0.418 e. The van der Waals surface area contributed by atoms with Crippen LogP contribution in [0.4, 0.5) is 5.13 Å². The molecule has 0 bridgehead atoms. The molecule has 15 nitrogen and oxygen atoms in total. The van der Waals surface area contributed by atoms with E-state index in [2.05, 4.69) is 25.3 Å². The van der Waals surface area contributed by atoms with Crippen molar-refractivity contribution < 1.29 is 41.1 Å². The van der Waals surface area contributed by atoms with E-state index in [0.29, 0.717) is 23.8 Å². The van der Waals surface area contributed by atoms with Crippen molar-refractivity contribution in [2.45, 2.75) is 58.2 Å². The molecule has 1 aromatic carbocycles. The maximum atomic E-state index is 13.4. The molecule has 1 aliphatic rings. The number of nitrogens with two attached hydrogens (primary N) is 2. The molecule has 0 spiro atoms. The minimum Gasteiger partial charge on any atom is -0.490 e. The molecule has 0 radical (unpaired) electrons. The highest BCUT2D eigenvalue weighted by atomic mass is 32.3. The summed E-state index contributed by atoms with van der Waals surface area (Å²) in [5.74, 6) is -1.68. The van der Waals surface area contributed by atoms with Crippen LogP contribution in [-0.4, -0.2) is 69.9 Å². The van der Waals surface area contributed by atoms with E-state index in [4.69, 9.17) is 25.6 Å². The van der Waals surface area contributed by atoms with Crippen LogP contribution in [0.1, 0.15) is 45.7 Å². The van der Waals surface area contributed by atoms with E-state index in [1.165, 1.54) is 13.8 Å². The Bertz CT molecular complexity index is 1650. The summed E-state index contributed by atoms with van der Waals surface area (Å²) >= 11 is 1.10. The molecular weight excluding hydrogens is 626 g/mol. The average molecular weight is 665 g/mol. The lowest BCUT2D eigenvalue weighted by Gasteiger charge is -2.50. The lowest BCUT2D eigenvalue weighted by Crippen LogP contribution is -2.68. The third kappa shape index (κ3) is 8.23. The van der Waals surface area contributed by atoms with E-state index in [1.807, 2.05) is 49.1 Å². The summed E-state index contributed by atoms with van der Waals surface area (Å²) in [7, 11) is -2.94. The van der Waals surface area contributed by atoms with Crippen LogP contribution in [0.15, 0.2) is 47.2 Å². The van der Waals surface area contributed by atoms with Gasteiger partial charge in [-0.1, -0.05) is 24.2 Å². The Labute approximate surface area is 265 Å². The van der Waals surface area contributed by atoms with Gasteiger partial charge in [-0.2, -0.15) is 18.2 Å². The van der Waals surface area contributed by atoms with E-state index < -0.39 is 39.7 Å². The van der Waals surface area contributed by atoms with E-state index in [9.17, 15) is 18.0 Å². The number of rotatable bonds is 16. The highest BCUT2D eigenvalue weighted by Gasteiger charge is 2.57. The number of nitrogens with zero attached hydrogens (tertiary/aromatic N) is 5. The number of carbonyl (C=O) groups excluding carboxylic acids is 2. The van der Waals surface area contributed by atoms with Gasteiger partial charge in [0.25, 0.3) is 5.91 Å². The summed E-state index contributed by atoms with van der Waals surface area (Å²) in [5.41, 5.74) is 12.3. The number of Topliss-reactive ketones (excluding diaryl/α,β-unsaturated/α-hetero) is 1. The van der Waals surface area contributed by atoms with Crippen molar-refractivity contribution in [2.24, 2.45) is 23.9 Å². The molecule has 2 atom stereocenters. The predicted octanol–water partition coefficient (Wildman–Crippen LogP) is 1.88. The van der Waals surface area contributed by atoms with Crippen LogP contribution in [0.2, 0.25) is 0 Å². The molecule has 244 valence electrons. The van der Waals surface area contributed by atoms with Crippen molar-refractivity contribution in [1.29, 1.82) is 0 Å². The monoisotopic (exact) mass is 664 g/mol. The van der Waals surface area contributed by atoms with Crippen molar-refractivity contribution in [3.63, 3.8) is 0 Å². The van der Waals surface area contributed by atoms with E-state index in [-0.39, 0.29) is 29.6 Å². The number of ether oxygens (including phenoxy) is 1. The number of oxime groups is 1. The SMILES string of the molecule is CC[C@H](COc1ccc(-c2cn(CCCN)[n+](C)c2)cc1)O/N=C(\C(=O)C[C@@H]1C(=O)N(OS(=O)(=O)O)C1(C)C)c1csc(N)n1. The van der Waals surface area contributed by atoms with Crippen LogP contribution in [-0.2, 0) is 42.7 Å². The molecule has 0 unspecified atom stereocenters. The largest absolute Gasteiger partial charge is 0.490 e. The maximum absolute atomic E-state index is 13.4. The van der Waals surface area contributed by atoms with Crippen molar-refractivity contribution in [3.8, 4) is 16.9 Å². The van der Waals surface area contributed by atoms with Crippen molar-refractivity contribution >= 4 is 44.3 Å². The normalized spacial score (nSPS) is 17.2. The molecule has 1 saturated heterocycles. The van der Waals surface area contributed by atoms with Gasteiger partial charge < -0.3 is 21.0 Å². The average Bonchev–Trinajstić information content (AvgIpc) is 3.59. The fourth-order valence-corrected chi connectivity index (χ4v) is 5.76. The van der Waals surface area contributed by atoms with Crippen molar-refractivity contribution in [1.82, 2.24) is 14.7 Å². The number of carbonyl (C=O) groups is 2. The third-order valence-electron chi connectivity index (χ3n) is 7.44. The van der Waals surface area contributed by atoms with Crippen LogP contribution in [0.3, 0.4) is 0 Å². The first-order valence-corrected chi connectivity index (χ1v) is 16.5. The van der Waals surface area contributed by atoms with Gasteiger partial charge in [-0.15, -0.1) is 20.3 Å². The van der Waals surface area contributed by atoms with Gasteiger partial charge in [0.1, 0.15) is 18.1 Å². The van der Waals surface area contributed by atoms with Gasteiger partial charge >= 0.3 is 10.4 Å². The Balaban J connectivity index is 1.41. The molecule has 4 rings (SSSR count). The Morgan fingerprint density at radius 3 is 2.56 bits per heavy atom. The van der Waals surface area contributed by atoms with Gasteiger partial charge in [-0.25, -0.2) is 4.98 Å². The minimum atomic E-state index is -4.93. The third-order valence-corrected chi connectivity index (χ3v) is 8.46. The van der Waals surface area contributed by atoms with E-state index in [1.54, 1.807) is 5.38 Å². The number of thiazole rings is 1. The smallest absolute Gasteiger partial charge is 0.418 e. The summed E-state index contributed by atoms with van der Waals surface area (Å²) < 4.78 is 45.7. The molecule has 3 aromatic rings. The molecule has 17 heteroatoms. The van der Waals surface area contributed by atoms with Crippen molar-refractivity contribution in [2.75, 3.05) is 18.9 Å². The number of hydrogen-bond donors (Lipinski definition) is 3. The fourth-order valence-electron chi connectivity index (χ4n) is 4.75. The zero-order valence-electron chi connectivity index (χ0n) is 25.5. The number of aromatic nitrogens is 3. The quantitative estimate of drug-likeness (QED) is 0.0663.